The number of furan rings is 1. The largest absolute Gasteiger partial charge is 0.467 e. The zero-order valence-electron chi connectivity index (χ0n) is 12.5. The number of hydrogen-bond donors (Lipinski definition) is 2. The van der Waals surface area contributed by atoms with Crippen LogP contribution in [-0.4, -0.2) is 18.6 Å². The lowest BCUT2D eigenvalue weighted by atomic mass is 9.96. The van der Waals surface area contributed by atoms with Crippen LogP contribution in [0, 0.1) is 0 Å². The van der Waals surface area contributed by atoms with E-state index in [0.717, 1.165) is 5.56 Å². The van der Waals surface area contributed by atoms with E-state index in [1.165, 1.54) is 6.26 Å². The van der Waals surface area contributed by atoms with Gasteiger partial charge >= 0.3 is 12.0 Å². The molecule has 0 spiro atoms. The van der Waals surface area contributed by atoms with Gasteiger partial charge in [0.15, 0.2) is 0 Å². The molecule has 3 rings (SSSR count). The second-order valence-corrected chi connectivity index (χ2v) is 4.92. The third-order valence-corrected chi connectivity index (χ3v) is 3.46. The first-order valence-electron chi connectivity index (χ1n) is 7.28. The highest BCUT2D eigenvalue weighted by Crippen LogP contribution is 2.31. The molecule has 0 saturated heterocycles. The highest BCUT2D eigenvalue weighted by Gasteiger charge is 2.35. The third kappa shape index (κ3) is 2.96. The molecule has 1 unspecified atom stereocenters. The number of esters is 1. The summed E-state index contributed by atoms with van der Waals surface area (Å²) in [5, 5.41) is 5.41. The van der Waals surface area contributed by atoms with Crippen LogP contribution in [0.4, 0.5) is 4.79 Å². The molecule has 1 aromatic heterocycles. The van der Waals surface area contributed by atoms with Gasteiger partial charge in [-0.1, -0.05) is 30.3 Å². The average molecular weight is 312 g/mol. The molecule has 1 atom stereocenters. The van der Waals surface area contributed by atoms with E-state index in [-0.39, 0.29) is 6.61 Å². The first-order valence-corrected chi connectivity index (χ1v) is 7.28. The van der Waals surface area contributed by atoms with E-state index < -0.39 is 18.0 Å². The quantitative estimate of drug-likeness (QED) is 0.850. The second-order valence-electron chi connectivity index (χ2n) is 4.92. The van der Waals surface area contributed by atoms with Crippen LogP contribution in [0.2, 0.25) is 0 Å². The summed E-state index contributed by atoms with van der Waals surface area (Å²) in [6.07, 6.45) is 1.49. The molecule has 1 aliphatic rings. The zero-order chi connectivity index (χ0) is 16.2. The van der Waals surface area contributed by atoms with Crippen molar-refractivity contribution >= 4 is 17.7 Å². The topological polar surface area (TPSA) is 80.6 Å². The molecule has 2 amide bonds. The number of benzene rings is 1. The minimum absolute atomic E-state index is 0.239. The fourth-order valence-corrected chi connectivity index (χ4v) is 2.49. The fraction of sp³-hybridized carbons (Fsp3) is 0.176. The number of urea groups is 1. The molecular weight excluding hydrogens is 296 g/mol. The normalized spacial score (nSPS) is 17.4. The van der Waals surface area contributed by atoms with E-state index >= 15 is 0 Å². The second kappa shape index (κ2) is 6.39. The van der Waals surface area contributed by atoms with E-state index in [9.17, 15) is 9.59 Å². The van der Waals surface area contributed by atoms with Gasteiger partial charge < -0.3 is 19.8 Å². The van der Waals surface area contributed by atoms with Crippen LogP contribution in [0.5, 0.6) is 0 Å². The van der Waals surface area contributed by atoms with Gasteiger partial charge in [0.1, 0.15) is 11.8 Å². The van der Waals surface area contributed by atoms with Crippen molar-refractivity contribution in [1.82, 2.24) is 10.6 Å². The molecule has 0 radical (unpaired) electrons. The maximum absolute atomic E-state index is 12.5. The minimum Gasteiger partial charge on any atom is -0.467 e. The van der Waals surface area contributed by atoms with Crippen LogP contribution >= 0.6 is 0 Å². The number of nitrogens with one attached hydrogen (secondary N) is 2. The summed E-state index contributed by atoms with van der Waals surface area (Å²) in [6.45, 7) is 1.97. The number of ether oxygens (including phenoxy) is 1. The van der Waals surface area contributed by atoms with E-state index in [0.29, 0.717) is 17.0 Å². The molecule has 1 aliphatic heterocycles. The zero-order valence-corrected chi connectivity index (χ0v) is 12.5. The van der Waals surface area contributed by atoms with Crippen LogP contribution in [0.1, 0.15) is 24.3 Å². The lowest BCUT2D eigenvalue weighted by Gasteiger charge is -2.28. The summed E-state index contributed by atoms with van der Waals surface area (Å²) in [5.41, 5.74) is 1.46. The lowest BCUT2D eigenvalue weighted by molar-refractivity contribution is -0.138. The first kappa shape index (κ1) is 14.9. The summed E-state index contributed by atoms with van der Waals surface area (Å²) in [4.78, 5) is 24.5. The summed E-state index contributed by atoms with van der Waals surface area (Å²) in [6, 6.07) is 11.5. The number of rotatable bonds is 4. The van der Waals surface area contributed by atoms with E-state index in [1.54, 1.807) is 19.1 Å². The van der Waals surface area contributed by atoms with Crippen LogP contribution in [0.15, 0.2) is 58.7 Å². The molecule has 2 heterocycles. The minimum atomic E-state index is -0.701. The van der Waals surface area contributed by atoms with Crippen LogP contribution in [-0.2, 0) is 9.53 Å². The molecule has 0 fully saturated rings. The monoisotopic (exact) mass is 312 g/mol. The summed E-state index contributed by atoms with van der Waals surface area (Å²) in [5.74, 6) is -0.0309. The van der Waals surface area contributed by atoms with Gasteiger partial charge in [0.2, 0.25) is 0 Å². The molecule has 23 heavy (non-hydrogen) atoms. The van der Waals surface area contributed by atoms with Crippen molar-refractivity contribution in [2.75, 3.05) is 6.61 Å². The molecule has 0 saturated carbocycles. The fourth-order valence-electron chi connectivity index (χ4n) is 2.49. The summed E-state index contributed by atoms with van der Waals surface area (Å²) in [7, 11) is 0. The Morgan fingerprint density at radius 2 is 2.00 bits per heavy atom. The number of amides is 2. The smallest absolute Gasteiger partial charge is 0.338 e. The van der Waals surface area contributed by atoms with Crippen LogP contribution in [0.25, 0.3) is 5.70 Å². The standard InChI is InChI=1S/C17H16N2O4/c1-2-22-16(20)13-14(11-7-4-3-5-8-11)18-17(21)19-15(13)12-9-6-10-23-12/h3-10,15H,2H2,1H3,(H2,18,19,21). The Hall–Kier alpha value is -3.02. The average Bonchev–Trinajstić information content (AvgIpc) is 3.09. The summed E-state index contributed by atoms with van der Waals surface area (Å²) < 4.78 is 10.5. The predicted molar refractivity (Wildman–Crippen MR) is 83.1 cm³/mol. The Morgan fingerprint density at radius 3 is 2.65 bits per heavy atom. The van der Waals surface area contributed by atoms with Crippen molar-refractivity contribution in [3.63, 3.8) is 0 Å². The van der Waals surface area contributed by atoms with Gasteiger partial charge in [0.05, 0.1) is 24.1 Å². The van der Waals surface area contributed by atoms with E-state index in [1.807, 2.05) is 30.3 Å². The van der Waals surface area contributed by atoms with Crippen molar-refractivity contribution in [3.05, 3.63) is 65.6 Å². The molecule has 118 valence electrons. The molecule has 1 aromatic carbocycles. The molecular formula is C17H16N2O4. The van der Waals surface area contributed by atoms with E-state index in [2.05, 4.69) is 10.6 Å². The van der Waals surface area contributed by atoms with Crippen LogP contribution in [0.3, 0.4) is 0 Å². The lowest BCUT2D eigenvalue weighted by Crippen LogP contribution is -2.45. The number of carbonyl (C=O) groups excluding carboxylic acids is 2. The summed E-state index contributed by atoms with van der Waals surface area (Å²) >= 11 is 0. The molecule has 2 aromatic rings. The van der Waals surface area contributed by atoms with Gasteiger partial charge in [-0.25, -0.2) is 9.59 Å². The van der Waals surface area contributed by atoms with Gasteiger partial charge in [-0.15, -0.1) is 0 Å². The highest BCUT2D eigenvalue weighted by molar-refractivity contribution is 6.04. The number of hydrogen-bond acceptors (Lipinski definition) is 4. The molecule has 2 N–H and O–H groups in total. The Labute approximate surface area is 133 Å². The Balaban J connectivity index is 2.15. The van der Waals surface area contributed by atoms with Crippen LogP contribution < -0.4 is 10.6 Å². The van der Waals surface area contributed by atoms with Gasteiger partial charge in [-0.05, 0) is 24.6 Å². The van der Waals surface area contributed by atoms with Gasteiger partial charge in [-0.2, -0.15) is 0 Å². The van der Waals surface area contributed by atoms with Crippen molar-refractivity contribution in [2.24, 2.45) is 0 Å². The maximum atomic E-state index is 12.5. The highest BCUT2D eigenvalue weighted by atomic mass is 16.5. The predicted octanol–water partition coefficient (Wildman–Crippen LogP) is 2.61. The molecule has 6 heteroatoms. The van der Waals surface area contributed by atoms with Gasteiger partial charge in [0, 0.05) is 0 Å². The SMILES string of the molecule is CCOC(=O)C1=C(c2ccccc2)NC(=O)NC1c1ccco1. The van der Waals surface area contributed by atoms with E-state index in [4.69, 9.17) is 9.15 Å². The first-order chi connectivity index (χ1) is 11.2. The molecule has 6 nitrogen and oxygen atoms in total. The van der Waals surface area contributed by atoms with Crippen molar-refractivity contribution < 1.29 is 18.7 Å². The Morgan fingerprint density at radius 1 is 1.22 bits per heavy atom. The number of carbonyl (C=O) groups is 2. The molecule has 0 aliphatic carbocycles. The van der Waals surface area contributed by atoms with Crippen molar-refractivity contribution in [2.45, 2.75) is 13.0 Å². The molecule has 0 bridgehead atoms. The maximum Gasteiger partial charge on any atom is 0.338 e. The Kier molecular flexibility index (Phi) is 4.14. The Bertz CT molecular complexity index is 735. The van der Waals surface area contributed by atoms with Crippen molar-refractivity contribution in [1.29, 1.82) is 0 Å². The van der Waals surface area contributed by atoms with Crippen molar-refractivity contribution in [3.8, 4) is 0 Å². The van der Waals surface area contributed by atoms with Gasteiger partial charge in [0.25, 0.3) is 0 Å². The van der Waals surface area contributed by atoms with Gasteiger partial charge in [-0.3, -0.25) is 0 Å². The third-order valence-electron chi connectivity index (χ3n) is 3.46.